The van der Waals surface area contributed by atoms with Gasteiger partial charge >= 0.3 is 0 Å². The van der Waals surface area contributed by atoms with Crippen LogP contribution in [0.25, 0.3) is 0 Å². The van der Waals surface area contributed by atoms with Crippen molar-refractivity contribution in [3.63, 3.8) is 0 Å². The highest BCUT2D eigenvalue weighted by Crippen LogP contribution is 2.15. The average molecular weight is 219 g/mol. The fourth-order valence-electron chi connectivity index (χ4n) is 0.408. The van der Waals surface area contributed by atoms with Gasteiger partial charge < -0.3 is 5.11 Å². The summed E-state index contributed by atoms with van der Waals surface area (Å²) >= 11 is 2.04. The van der Waals surface area contributed by atoms with Crippen LogP contribution in [0.1, 0.15) is 0 Å². The maximum Gasteiger partial charge on any atom is 0.136 e. The Morgan fingerprint density at radius 3 is 2.75 bits per heavy atom. The van der Waals surface area contributed by atoms with Crippen LogP contribution in [0.15, 0.2) is 18.2 Å². The zero-order valence-corrected chi connectivity index (χ0v) is 6.21. The van der Waals surface area contributed by atoms with Crippen molar-refractivity contribution in [2.45, 2.75) is 0 Å². The van der Waals surface area contributed by atoms with Crippen LogP contribution >= 0.6 is 22.6 Å². The molecule has 0 heterocycles. The van der Waals surface area contributed by atoms with Gasteiger partial charge in [0.1, 0.15) is 5.75 Å². The molecule has 0 fully saturated rings. The van der Waals surface area contributed by atoms with E-state index in [1.165, 1.54) is 0 Å². The second-order valence-electron chi connectivity index (χ2n) is 1.37. The van der Waals surface area contributed by atoms with E-state index in [4.69, 9.17) is 5.11 Å². The molecule has 0 saturated heterocycles. The van der Waals surface area contributed by atoms with Crippen molar-refractivity contribution in [1.29, 1.82) is 0 Å². The Labute approximate surface area is 61.5 Å². The molecular weight excluding hydrogens is 215 g/mol. The summed E-state index contributed by atoms with van der Waals surface area (Å²) in [6.45, 7) is 0. The van der Waals surface area contributed by atoms with Crippen LogP contribution in [0.4, 0.5) is 0 Å². The van der Waals surface area contributed by atoms with Crippen molar-refractivity contribution in [2.75, 3.05) is 0 Å². The van der Waals surface area contributed by atoms with E-state index in [1.54, 1.807) is 6.07 Å². The molecule has 1 rings (SSSR count). The number of halogens is 1. The zero-order valence-electron chi connectivity index (χ0n) is 4.06. The van der Waals surface area contributed by atoms with Gasteiger partial charge in [0, 0.05) is 6.07 Å². The summed E-state index contributed by atoms with van der Waals surface area (Å²) in [5.41, 5.74) is 0. The maximum atomic E-state index is 8.86. The first-order valence-corrected chi connectivity index (χ1v) is 3.24. The summed E-state index contributed by atoms with van der Waals surface area (Å²) < 4.78 is 0.838. The summed E-state index contributed by atoms with van der Waals surface area (Å²) in [6.07, 6.45) is 0. The molecule has 1 nitrogen and oxygen atoms in total. The predicted molar refractivity (Wildman–Crippen MR) is 39.7 cm³/mol. The number of phenols is 1. The van der Waals surface area contributed by atoms with Gasteiger partial charge in [-0.3, -0.25) is 0 Å². The lowest BCUT2D eigenvalue weighted by molar-refractivity contribution is 0.470. The second kappa shape index (κ2) is 2.35. The van der Waals surface area contributed by atoms with Crippen LogP contribution in [-0.4, -0.2) is 5.11 Å². The Hall–Kier alpha value is -0.250. The molecule has 0 aliphatic rings. The third kappa shape index (κ3) is 1.12. The molecule has 0 unspecified atom stereocenters. The van der Waals surface area contributed by atoms with E-state index in [0.29, 0.717) is 0 Å². The first-order valence-electron chi connectivity index (χ1n) is 2.16. The third-order valence-corrected chi connectivity index (χ3v) is 1.66. The number of rotatable bonds is 0. The molecule has 1 aromatic rings. The molecular formula is C6H4IO. The van der Waals surface area contributed by atoms with Crippen molar-refractivity contribution in [1.82, 2.24) is 0 Å². The third-order valence-electron chi connectivity index (χ3n) is 0.785. The number of aromatic hydroxyl groups is 1. The van der Waals surface area contributed by atoms with Crippen molar-refractivity contribution < 1.29 is 5.11 Å². The van der Waals surface area contributed by atoms with Crippen molar-refractivity contribution in [3.05, 3.63) is 27.8 Å². The number of hydrogen-bond acceptors (Lipinski definition) is 1. The molecule has 0 aromatic heterocycles. The molecule has 41 valence electrons. The van der Waals surface area contributed by atoms with Crippen molar-refractivity contribution in [2.24, 2.45) is 0 Å². The van der Waals surface area contributed by atoms with Crippen molar-refractivity contribution >= 4 is 22.6 Å². The fraction of sp³-hybridized carbons (Fsp3) is 0. The molecule has 1 N–H and O–H groups in total. The lowest BCUT2D eigenvalue weighted by Gasteiger charge is -1.89. The van der Waals surface area contributed by atoms with E-state index < -0.39 is 0 Å². The minimum absolute atomic E-state index is 0.230. The van der Waals surface area contributed by atoms with Crippen LogP contribution in [-0.2, 0) is 0 Å². The molecule has 0 aliphatic carbocycles. The second-order valence-corrected chi connectivity index (χ2v) is 2.53. The zero-order chi connectivity index (χ0) is 5.98. The Morgan fingerprint density at radius 1 is 1.62 bits per heavy atom. The molecule has 1 radical (unpaired) electrons. The fourth-order valence-corrected chi connectivity index (χ4v) is 0.771. The van der Waals surface area contributed by atoms with Crippen LogP contribution in [0.2, 0.25) is 0 Å². The largest absolute Gasteiger partial charge is 0.506 e. The number of para-hydroxylation sites is 1. The highest BCUT2D eigenvalue weighted by atomic mass is 127. The maximum absolute atomic E-state index is 8.86. The van der Waals surface area contributed by atoms with Gasteiger partial charge in [-0.2, -0.15) is 0 Å². The van der Waals surface area contributed by atoms with Crippen LogP contribution in [0.5, 0.6) is 5.75 Å². The van der Waals surface area contributed by atoms with E-state index in [1.807, 2.05) is 34.7 Å². The highest BCUT2D eigenvalue weighted by molar-refractivity contribution is 14.1. The van der Waals surface area contributed by atoms with Gasteiger partial charge in [0.25, 0.3) is 0 Å². The van der Waals surface area contributed by atoms with E-state index in [-0.39, 0.29) is 5.75 Å². The summed E-state index contributed by atoms with van der Waals surface area (Å²) in [6, 6.07) is 7.99. The van der Waals surface area contributed by atoms with Gasteiger partial charge in [0.15, 0.2) is 0 Å². The topological polar surface area (TPSA) is 20.2 Å². The van der Waals surface area contributed by atoms with Gasteiger partial charge in [0.05, 0.1) is 3.57 Å². The molecule has 2 heteroatoms. The Balaban J connectivity index is 3.13. The molecule has 0 bridgehead atoms. The first-order chi connectivity index (χ1) is 3.80. The Bertz CT molecular complexity index is 165. The van der Waals surface area contributed by atoms with Crippen molar-refractivity contribution in [3.8, 4) is 5.75 Å². The van der Waals surface area contributed by atoms with Crippen LogP contribution < -0.4 is 0 Å². The number of phenolic OH excluding ortho intramolecular Hbond substituents is 1. The number of benzene rings is 1. The molecule has 0 spiro atoms. The van der Waals surface area contributed by atoms with Gasteiger partial charge in [-0.05, 0) is 28.7 Å². The van der Waals surface area contributed by atoms with E-state index >= 15 is 0 Å². The van der Waals surface area contributed by atoms with E-state index in [0.717, 1.165) is 3.57 Å². The molecule has 0 saturated carbocycles. The minimum atomic E-state index is 0.230. The summed E-state index contributed by atoms with van der Waals surface area (Å²) in [4.78, 5) is 0. The molecule has 1 aromatic carbocycles. The Morgan fingerprint density at radius 2 is 2.38 bits per heavy atom. The van der Waals surface area contributed by atoms with Crippen LogP contribution in [0.3, 0.4) is 0 Å². The summed E-state index contributed by atoms with van der Waals surface area (Å²) in [5, 5.41) is 8.86. The minimum Gasteiger partial charge on any atom is -0.506 e. The highest BCUT2D eigenvalue weighted by Gasteiger charge is 1.89. The van der Waals surface area contributed by atoms with Gasteiger partial charge in [-0.1, -0.05) is 12.1 Å². The molecule has 0 amide bonds. The van der Waals surface area contributed by atoms with E-state index in [2.05, 4.69) is 6.07 Å². The van der Waals surface area contributed by atoms with Gasteiger partial charge in [0.2, 0.25) is 0 Å². The average Bonchev–Trinajstić information content (AvgIpc) is 1.77. The SMILES string of the molecule is Oc1[c]cccc1I. The lowest BCUT2D eigenvalue weighted by Crippen LogP contribution is -1.68. The summed E-state index contributed by atoms with van der Waals surface area (Å²) in [7, 11) is 0. The van der Waals surface area contributed by atoms with E-state index in [9.17, 15) is 0 Å². The lowest BCUT2D eigenvalue weighted by atomic mass is 10.3. The summed E-state index contributed by atoms with van der Waals surface area (Å²) in [5.74, 6) is 0.230. The van der Waals surface area contributed by atoms with Crippen LogP contribution in [0, 0.1) is 9.64 Å². The molecule has 0 aliphatic heterocycles. The van der Waals surface area contributed by atoms with Gasteiger partial charge in [-0.25, -0.2) is 0 Å². The normalized spacial score (nSPS) is 9.12. The number of hydrogen-bond donors (Lipinski definition) is 1. The molecule has 8 heavy (non-hydrogen) atoms. The first kappa shape index (κ1) is 5.88. The smallest absolute Gasteiger partial charge is 0.136 e. The standard InChI is InChI=1S/C6H4IO/c7-5-3-1-2-4-6(5)8/h1-3,8H. The quantitative estimate of drug-likeness (QED) is 0.659. The predicted octanol–water partition coefficient (Wildman–Crippen LogP) is 1.80. The Kier molecular flexibility index (Phi) is 1.73. The van der Waals surface area contributed by atoms with Gasteiger partial charge in [-0.15, -0.1) is 0 Å². The molecule has 0 atom stereocenters. The monoisotopic (exact) mass is 219 g/mol.